The highest BCUT2D eigenvalue weighted by molar-refractivity contribution is 5.46. The Morgan fingerprint density at radius 3 is 3.06 bits per heavy atom. The number of pyridine rings is 1. The van der Waals surface area contributed by atoms with Crippen molar-refractivity contribution in [1.82, 2.24) is 9.88 Å². The van der Waals surface area contributed by atoms with Gasteiger partial charge in [-0.15, -0.1) is 0 Å². The summed E-state index contributed by atoms with van der Waals surface area (Å²) >= 11 is 0. The van der Waals surface area contributed by atoms with E-state index in [2.05, 4.69) is 48.2 Å². The van der Waals surface area contributed by atoms with Gasteiger partial charge in [0.15, 0.2) is 0 Å². The van der Waals surface area contributed by atoms with Crippen LogP contribution in [-0.2, 0) is 0 Å². The zero-order chi connectivity index (χ0) is 13.0. The van der Waals surface area contributed by atoms with Crippen molar-refractivity contribution in [2.45, 2.75) is 51.6 Å². The number of piperidine rings is 1. The third-order valence-electron chi connectivity index (χ3n) is 3.96. The number of likely N-dealkylation sites (tertiary alicyclic amines) is 1. The molecular weight excluding hydrogens is 222 g/mol. The van der Waals surface area contributed by atoms with Crippen molar-refractivity contribution in [3.8, 4) is 0 Å². The van der Waals surface area contributed by atoms with Crippen molar-refractivity contribution in [3.63, 3.8) is 0 Å². The fourth-order valence-corrected chi connectivity index (χ4v) is 2.61. The molecule has 1 N–H and O–H groups in total. The molecular formula is C15H25N3. The lowest BCUT2D eigenvalue weighted by Gasteiger charge is -2.34. The van der Waals surface area contributed by atoms with E-state index < -0.39 is 0 Å². The van der Waals surface area contributed by atoms with E-state index in [4.69, 9.17) is 0 Å². The van der Waals surface area contributed by atoms with Gasteiger partial charge in [-0.1, -0.05) is 19.4 Å². The lowest BCUT2D eigenvalue weighted by molar-refractivity contribution is 0.187. The molecule has 0 saturated carbocycles. The molecule has 1 saturated heterocycles. The van der Waals surface area contributed by atoms with Crippen LogP contribution in [0.1, 0.15) is 51.1 Å². The minimum absolute atomic E-state index is 0.479. The van der Waals surface area contributed by atoms with E-state index in [1.807, 2.05) is 6.20 Å². The first-order chi connectivity index (χ1) is 8.72. The maximum absolute atomic E-state index is 4.54. The van der Waals surface area contributed by atoms with Gasteiger partial charge in [-0.3, -0.25) is 4.90 Å². The molecule has 1 aliphatic rings. The summed E-state index contributed by atoms with van der Waals surface area (Å²) in [5.74, 6) is 1.07. The smallest absolute Gasteiger partial charge is 0.130 e. The highest BCUT2D eigenvalue weighted by Crippen LogP contribution is 2.33. The van der Waals surface area contributed by atoms with Crippen LogP contribution in [-0.4, -0.2) is 29.5 Å². The summed E-state index contributed by atoms with van der Waals surface area (Å²) in [6, 6.07) is 5.29. The van der Waals surface area contributed by atoms with Crippen LogP contribution in [0.4, 0.5) is 5.82 Å². The van der Waals surface area contributed by atoms with Gasteiger partial charge >= 0.3 is 0 Å². The van der Waals surface area contributed by atoms with E-state index in [1.54, 1.807) is 0 Å². The highest BCUT2D eigenvalue weighted by atomic mass is 15.1. The van der Waals surface area contributed by atoms with E-state index >= 15 is 0 Å². The highest BCUT2D eigenvalue weighted by Gasteiger charge is 2.23. The van der Waals surface area contributed by atoms with Crippen LogP contribution < -0.4 is 5.32 Å². The SMILES string of the molecule is CC[C@@H](C)Nc1ncccc1[C@H]1CCCCN1C. The maximum Gasteiger partial charge on any atom is 0.130 e. The Balaban J connectivity index is 2.20. The third-order valence-corrected chi connectivity index (χ3v) is 3.96. The third kappa shape index (κ3) is 3.02. The fraction of sp³-hybridized carbons (Fsp3) is 0.667. The molecule has 0 aliphatic carbocycles. The molecule has 1 aromatic rings. The van der Waals surface area contributed by atoms with Crippen molar-refractivity contribution in [3.05, 3.63) is 23.9 Å². The van der Waals surface area contributed by atoms with Gasteiger partial charge < -0.3 is 5.32 Å². The van der Waals surface area contributed by atoms with Crippen LogP contribution in [0.15, 0.2) is 18.3 Å². The summed E-state index contributed by atoms with van der Waals surface area (Å²) in [6.07, 6.45) is 6.90. The van der Waals surface area contributed by atoms with Crippen LogP contribution in [0.25, 0.3) is 0 Å². The second kappa shape index (κ2) is 6.19. The average molecular weight is 247 g/mol. The predicted molar refractivity (Wildman–Crippen MR) is 76.8 cm³/mol. The topological polar surface area (TPSA) is 28.2 Å². The van der Waals surface area contributed by atoms with E-state index in [1.165, 1.54) is 31.4 Å². The quantitative estimate of drug-likeness (QED) is 0.883. The van der Waals surface area contributed by atoms with Gasteiger partial charge in [0.2, 0.25) is 0 Å². The largest absolute Gasteiger partial charge is 0.367 e. The molecule has 0 spiro atoms. The second-order valence-corrected chi connectivity index (χ2v) is 5.39. The van der Waals surface area contributed by atoms with Gasteiger partial charge in [0.25, 0.3) is 0 Å². The van der Waals surface area contributed by atoms with Gasteiger partial charge in [-0.2, -0.15) is 0 Å². The normalized spacial score (nSPS) is 22.7. The molecule has 2 atom stereocenters. The molecule has 100 valence electrons. The number of nitrogens with zero attached hydrogens (tertiary/aromatic N) is 2. The summed E-state index contributed by atoms with van der Waals surface area (Å²) in [7, 11) is 2.23. The van der Waals surface area contributed by atoms with E-state index in [9.17, 15) is 0 Å². The Bertz CT molecular complexity index is 378. The molecule has 18 heavy (non-hydrogen) atoms. The number of nitrogens with one attached hydrogen (secondary N) is 1. The van der Waals surface area contributed by atoms with Gasteiger partial charge in [0.1, 0.15) is 5.82 Å². The second-order valence-electron chi connectivity index (χ2n) is 5.39. The summed E-state index contributed by atoms with van der Waals surface area (Å²) < 4.78 is 0. The van der Waals surface area contributed by atoms with Gasteiger partial charge in [-0.05, 0) is 45.8 Å². The molecule has 2 heterocycles. The van der Waals surface area contributed by atoms with Crippen molar-refractivity contribution in [2.75, 3.05) is 18.9 Å². The summed E-state index contributed by atoms with van der Waals surface area (Å²) in [6.45, 7) is 5.61. The lowest BCUT2D eigenvalue weighted by atomic mass is 9.96. The number of rotatable bonds is 4. The van der Waals surface area contributed by atoms with Crippen LogP contribution in [0.5, 0.6) is 0 Å². The Kier molecular flexibility index (Phi) is 4.59. The van der Waals surface area contributed by atoms with Crippen LogP contribution in [0.3, 0.4) is 0 Å². The van der Waals surface area contributed by atoms with Crippen molar-refractivity contribution < 1.29 is 0 Å². The molecule has 0 bridgehead atoms. The minimum atomic E-state index is 0.479. The van der Waals surface area contributed by atoms with Crippen molar-refractivity contribution >= 4 is 5.82 Å². The Morgan fingerprint density at radius 2 is 2.33 bits per heavy atom. The van der Waals surface area contributed by atoms with Crippen LogP contribution >= 0.6 is 0 Å². The molecule has 1 aromatic heterocycles. The molecule has 0 unspecified atom stereocenters. The number of hydrogen-bond donors (Lipinski definition) is 1. The molecule has 0 amide bonds. The Morgan fingerprint density at radius 1 is 1.50 bits per heavy atom. The number of anilines is 1. The van der Waals surface area contributed by atoms with Crippen molar-refractivity contribution in [2.24, 2.45) is 0 Å². The van der Waals surface area contributed by atoms with Gasteiger partial charge in [0.05, 0.1) is 0 Å². The van der Waals surface area contributed by atoms with Crippen molar-refractivity contribution in [1.29, 1.82) is 0 Å². The Hall–Kier alpha value is -1.09. The maximum atomic E-state index is 4.54. The Labute approximate surface area is 111 Å². The monoisotopic (exact) mass is 247 g/mol. The van der Waals surface area contributed by atoms with E-state index in [-0.39, 0.29) is 0 Å². The number of hydrogen-bond acceptors (Lipinski definition) is 3. The zero-order valence-electron chi connectivity index (χ0n) is 11.8. The average Bonchev–Trinajstić information content (AvgIpc) is 2.40. The number of aromatic nitrogens is 1. The van der Waals surface area contributed by atoms with Gasteiger partial charge in [-0.25, -0.2) is 4.98 Å². The van der Waals surface area contributed by atoms with E-state index in [0.29, 0.717) is 12.1 Å². The predicted octanol–water partition coefficient (Wildman–Crippen LogP) is 3.45. The molecule has 2 rings (SSSR count). The van der Waals surface area contributed by atoms with Crippen LogP contribution in [0.2, 0.25) is 0 Å². The first-order valence-corrected chi connectivity index (χ1v) is 7.14. The molecule has 1 fully saturated rings. The first-order valence-electron chi connectivity index (χ1n) is 7.14. The fourth-order valence-electron chi connectivity index (χ4n) is 2.61. The molecule has 3 heteroatoms. The summed E-state index contributed by atoms with van der Waals surface area (Å²) in [5, 5.41) is 3.54. The standard InChI is InChI=1S/C15H25N3/c1-4-12(2)17-15-13(8-7-10-16-15)14-9-5-6-11-18(14)3/h7-8,10,12,14H,4-6,9,11H2,1-3H3,(H,16,17)/t12-,14-/m1/s1. The van der Waals surface area contributed by atoms with Crippen LogP contribution in [0, 0.1) is 0 Å². The molecule has 0 aromatic carbocycles. The summed E-state index contributed by atoms with van der Waals surface area (Å²) in [5.41, 5.74) is 1.36. The first kappa shape index (κ1) is 13.3. The zero-order valence-corrected chi connectivity index (χ0v) is 11.8. The van der Waals surface area contributed by atoms with Gasteiger partial charge in [0, 0.05) is 23.8 Å². The van der Waals surface area contributed by atoms with E-state index in [0.717, 1.165) is 12.2 Å². The minimum Gasteiger partial charge on any atom is -0.367 e. The molecule has 1 aliphatic heterocycles. The molecule has 3 nitrogen and oxygen atoms in total. The summed E-state index contributed by atoms with van der Waals surface area (Å²) in [4.78, 5) is 7.00. The lowest BCUT2D eigenvalue weighted by Crippen LogP contribution is -2.30. The molecule has 0 radical (unpaired) electrons.